The molecule has 15 heavy (non-hydrogen) atoms. The van der Waals surface area contributed by atoms with Gasteiger partial charge in [-0.05, 0) is 29.4 Å². The lowest BCUT2D eigenvalue weighted by atomic mass is 10.2. The molecule has 0 bridgehead atoms. The van der Waals surface area contributed by atoms with Gasteiger partial charge in [-0.3, -0.25) is 0 Å². The zero-order valence-corrected chi connectivity index (χ0v) is 10.3. The Morgan fingerprint density at radius 3 is 2.93 bits per heavy atom. The SMILES string of the molecule is CN(CCCl)Cc1csc2ccccc12. The minimum atomic E-state index is 0.693. The van der Waals surface area contributed by atoms with E-state index in [1.807, 2.05) is 11.3 Å². The molecule has 0 aliphatic carbocycles. The molecule has 0 amide bonds. The van der Waals surface area contributed by atoms with Gasteiger partial charge in [0.25, 0.3) is 0 Å². The first-order chi connectivity index (χ1) is 7.31. The van der Waals surface area contributed by atoms with Gasteiger partial charge >= 0.3 is 0 Å². The second kappa shape index (κ2) is 4.97. The molecule has 0 radical (unpaired) electrons. The summed E-state index contributed by atoms with van der Waals surface area (Å²) in [5.41, 5.74) is 1.41. The van der Waals surface area contributed by atoms with E-state index in [0.717, 1.165) is 13.1 Å². The van der Waals surface area contributed by atoms with Crippen molar-refractivity contribution in [3.8, 4) is 0 Å². The Morgan fingerprint density at radius 2 is 2.13 bits per heavy atom. The lowest BCUT2D eigenvalue weighted by molar-refractivity contribution is 0.349. The summed E-state index contributed by atoms with van der Waals surface area (Å²) in [6.07, 6.45) is 0. The molecule has 0 aliphatic heterocycles. The Labute approximate surface area is 99.3 Å². The number of thiophene rings is 1. The van der Waals surface area contributed by atoms with E-state index in [-0.39, 0.29) is 0 Å². The minimum Gasteiger partial charge on any atom is -0.301 e. The third-order valence-electron chi connectivity index (χ3n) is 2.47. The average Bonchev–Trinajstić information content (AvgIpc) is 2.62. The fourth-order valence-electron chi connectivity index (χ4n) is 1.67. The molecule has 0 saturated carbocycles. The van der Waals surface area contributed by atoms with Gasteiger partial charge < -0.3 is 4.90 Å². The van der Waals surface area contributed by atoms with Crippen molar-refractivity contribution in [3.05, 3.63) is 35.2 Å². The highest BCUT2D eigenvalue weighted by Gasteiger charge is 2.05. The van der Waals surface area contributed by atoms with E-state index < -0.39 is 0 Å². The molecule has 2 rings (SSSR count). The number of benzene rings is 1. The lowest BCUT2D eigenvalue weighted by Gasteiger charge is -2.13. The van der Waals surface area contributed by atoms with Gasteiger partial charge in [0.1, 0.15) is 0 Å². The van der Waals surface area contributed by atoms with E-state index >= 15 is 0 Å². The second-order valence-corrected chi connectivity index (χ2v) is 4.97. The van der Waals surface area contributed by atoms with Crippen molar-refractivity contribution in [2.45, 2.75) is 6.54 Å². The summed E-state index contributed by atoms with van der Waals surface area (Å²) < 4.78 is 1.37. The number of hydrogen-bond acceptors (Lipinski definition) is 2. The summed E-state index contributed by atoms with van der Waals surface area (Å²) in [5, 5.41) is 3.62. The molecule has 0 saturated heterocycles. The Morgan fingerprint density at radius 1 is 1.33 bits per heavy atom. The van der Waals surface area contributed by atoms with Gasteiger partial charge in [0.2, 0.25) is 0 Å². The second-order valence-electron chi connectivity index (χ2n) is 3.68. The Bertz CT molecular complexity index is 438. The van der Waals surface area contributed by atoms with Crippen LogP contribution in [0.5, 0.6) is 0 Å². The van der Waals surface area contributed by atoms with E-state index in [0.29, 0.717) is 5.88 Å². The topological polar surface area (TPSA) is 3.24 Å². The highest BCUT2D eigenvalue weighted by molar-refractivity contribution is 7.17. The Kier molecular flexibility index (Phi) is 3.62. The van der Waals surface area contributed by atoms with Gasteiger partial charge in [0.05, 0.1) is 0 Å². The highest BCUT2D eigenvalue weighted by atomic mass is 35.5. The van der Waals surface area contributed by atoms with Crippen LogP contribution in [0.15, 0.2) is 29.6 Å². The molecule has 3 heteroatoms. The summed E-state index contributed by atoms with van der Waals surface area (Å²) >= 11 is 7.53. The van der Waals surface area contributed by atoms with Gasteiger partial charge in [0.15, 0.2) is 0 Å². The highest BCUT2D eigenvalue weighted by Crippen LogP contribution is 2.26. The van der Waals surface area contributed by atoms with Crippen LogP contribution in [-0.4, -0.2) is 24.4 Å². The fourth-order valence-corrected chi connectivity index (χ4v) is 2.91. The van der Waals surface area contributed by atoms with Gasteiger partial charge in [0, 0.05) is 23.7 Å². The van der Waals surface area contributed by atoms with Gasteiger partial charge in [-0.1, -0.05) is 18.2 Å². The largest absolute Gasteiger partial charge is 0.301 e. The molecular weight excluding hydrogens is 226 g/mol. The normalized spacial score (nSPS) is 11.4. The molecular formula is C12H14ClNS. The van der Waals surface area contributed by atoms with Crippen molar-refractivity contribution < 1.29 is 0 Å². The molecule has 1 aromatic carbocycles. The van der Waals surface area contributed by atoms with Gasteiger partial charge in [-0.2, -0.15) is 0 Å². The smallest absolute Gasteiger partial charge is 0.0351 e. The lowest BCUT2D eigenvalue weighted by Crippen LogP contribution is -2.19. The van der Waals surface area contributed by atoms with Crippen LogP contribution in [0, 0.1) is 0 Å². The van der Waals surface area contributed by atoms with Crippen LogP contribution in [0.2, 0.25) is 0 Å². The number of fused-ring (bicyclic) bond motifs is 1. The average molecular weight is 240 g/mol. The van der Waals surface area contributed by atoms with Crippen molar-refractivity contribution in [1.82, 2.24) is 4.90 Å². The van der Waals surface area contributed by atoms with Crippen molar-refractivity contribution in [2.75, 3.05) is 19.5 Å². The van der Waals surface area contributed by atoms with Gasteiger partial charge in [-0.15, -0.1) is 22.9 Å². The van der Waals surface area contributed by atoms with Crippen molar-refractivity contribution in [3.63, 3.8) is 0 Å². The van der Waals surface area contributed by atoms with E-state index in [1.165, 1.54) is 15.6 Å². The number of nitrogens with zero attached hydrogens (tertiary/aromatic N) is 1. The molecule has 2 aromatic rings. The van der Waals surface area contributed by atoms with Crippen molar-refractivity contribution in [1.29, 1.82) is 0 Å². The van der Waals surface area contributed by atoms with Crippen LogP contribution in [0.3, 0.4) is 0 Å². The van der Waals surface area contributed by atoms with Crippen LogP contribution in [-0.2, 0) is 6.54 Å². The molecule has 1 heterocycles. The first kappa shape index (κ1) is 10.9. The number of halogens is 1. The molecule has 0 unspecified atom stereocenters. The third-order valence-corrected chi connectivity index (χ3v) is 3.65. The number of rotatable bonds is 4. The maximum Gasteiger partial charge on any atom is 0.0351 e. The summed E-state index contributed by atoms with van der Waals surface area (Å²) in [5.74, 6) is 0.693. The Balaban J connectivity index is 2.21. The maximum atomic E-state index is 5.72. The summed E-state index contributed by atoms with van der Waals surface area (Å²) in [6.45, 7) is 1.92. The third kappa shape index (κ3) is 2.51. The quantitative estimate of drug-likeness (QED) is 0.738. The monoisotopic (exact) mass is 239 g/mol. The molecule has 1 nitrogen and oxygen atoms in total. The van der Waals surface area contributed by atoms with Crippen LogP contribution >= 0.6 is 22.9 Å². The van der Waals surface area contributed by atoms with E-state index in [1.54, 1.807) is 0 Å². The van der Waals surface area contributed by atoms with Crippen LogP contribution < -0.4 is 0 Å². The first-order valence-electron chi connectivity index (χ1n) is 5.01. The van der Waals surface area contributed by atoms with Gasteiger partial charge in [-0.25, -0.2) is 0 Å². The molecule has 80 valence electrons. The fraction of sp³-hybridized carbons (Fsp3) is 0.333. The standard InChI is InChI=1S/C12H14ClNS/c1-14(7-6-13)8-10-9-15-12-5-3-2-4-11(10)12/h2-5,9H,6-8H2,1H3. The minimum absolute atomic E-state index is 0.693. The summed E-state index contributed by atoms with van der Waals surface area (Å²) in [6, 6.07) is 8.55. The van der Waals surface area contributed by atoms with Crippen LogP contribution in [0.4, 0.5) is 0 Å². The Hall–Kier alpha value is -0.570. The summed E-state index contributed by atoms with van der Waals surface area (Å²) in [7, 11) is 2.11. The zero-order valence-electron chi connectivity index (χ0n) is 8.74. The summed E-state index contributed by atoms with van der Waals surface area (Å²) in [4.78, 5) is 2.25. The van der Waals surface area contributed by atoms with E-state index in [4.69, 9.17) is 11.6 Å². The van der Waals surface area contributed by atoms with Crippen LogP contribution in [0.1, 0.15) is 5.56 Å². The van der Waals surface area contributed by atoms with E-state index in [2.05, 4.69) is 41.6 Å². The molecule has 1 aromatic heterocycles. The van der Waals surface area contributed by atoms with Crippen molar-refractivity contribution >= 4 is 33.0 Å². The van der Waals surface area contributed by atoms with Crippen molar-refractivity contribution in [2.24, 2.45) is 0 Å². The van der Waals surface area contributed by atoms with Crippen LogP contribution in [0.25, 0.3) is 10.1 Å². The predicted molar refractivity (Wildman–Crippen MR) is 68.9 cm³/mol. The van der Waals surface area contributed by atoms with E-state index in [9.17, 15) is 0 Å². The molecule has 0 atom stereocenters. The predicted octanol–water partition coefficient (Wildman–Crippen LogP) is 3.57. The molecule has 0 aliphatic rings. The molecule has 0 N–H and O–H groups in total. The molecule has 0 spiro atoms. The number of alkyl halides is 1. The number of hydrogen-bond donors (Lipinski definition) is 0. The maximum absolute atomic E-state index is 5.72. The first-order valence-corrected chi connectivity index (χ1v) is 6.42. The molecule has 0 fully saturated rings. The zero-order chi connectivity index (χ0) is 10.7.